The molecule has 0 amide bonds. The third kappa shape index (κ3) is 8.31. The van der Waals surface area contributed by atoms with Crippen LogP contribution in [0.2, 0.25) is 0 Å². The summed E-state index contributed by atoms with van der Waals surface area (Å²) in [4.78, 5) is 0. The van der Waals surface area contributed by atoms with Gasteiger partial charge in [0.25, 0.3) is 0 Å². The first kappa shape index (κ1) is 12.2. The predicted molar refractivity (Wildman–Crippen MR) is 53.9 cm³/mol. The lowest BCUT2D eigenvalue weighted by atomic mass is 10.1. The minimum atomic E-state index is 0.589. The minimum absolute atomic E-state index is 0.589. The molecule has 12 heavy (non-hydrogen) atoms. The molecule has 1 unspecified atom stereocenters. The Bertz CT molecular complexity index is 90.6. The van der Waals surface area contributed by atoms with Gasteiger partial charge >= 0.3 is 0 Å². The fourth-order valence-corrected chi connectivity index (χ4v) is 0.903. The highest BCUT2D eigenvalue weighted by molar-refractivity contribution is 6.17. The van der Waals surface area contributed by atoms with Gasteiger partial charge in [0.2, 0.25) is 0 Å². The van der Waals surface area contributed by atoms with Gasteiger partial charge in [0.05, 0.1) is 13.2 Å². The van der Waals surface area contributed by atoms with Crippen LogP contribution in [0.15, 0.2) is 0 Å². The van der Waals surface area contributed by atoms with Gasteiger partial charge in [0, 0.05) is 12.4 Å². The second kappa shape index (κ2) is 9.30. The first-order chi connectivity index (χ1) is 5.81. The first-order valence-electron chi connectivity index (χ1n) is 4.65. The summed E-state index contributed by atoms with van der Waals surface area (Å²) in [6.45, 7) is 7.89. The zero-order valence-corrected chi connectivity index (χ0v) is 8.86. The Hall–Kier alpha value is 0.210. The molecule has 0 radical (unpaired) electrons. The van der Waals surface area contributed by atoms with Gasteiger partial charge < -0.3 is 10.1 Å². The Morgan fingerprint density at radius 3 is 2.75 bits per heavy atom. The molecule has 74 valence electrons. The molecule has 0 heterocycles. The van der Waals surface area contributed by atoms with Crippen molar-refractivity contribution in [1.82, 2.24) is 5.32 Å². The van der Waals surface area contributed by atoms with Crippen LogP contribution in [0.3, 0.4) is 0 Å². The highest BCUT2D eigenvalue weighted by atomic mass is 35.5. The van der Waals surface area contributed by atoms with Crippen LogP contribution in [0.25, 0.3) is 0 Å². The summed E-state index contributed by atoms with van der Waals surface area (Å²) in [6.07, 6.45) is 1.23. The Morgan fingerprint density at radius 2 is 2.17 bits per heavy atom. The smallest absolute Gasteiger partial charge is 0.0602 e. The molecule has 1 atom stereocenters. The van der Waals surface area contributed by atoms with Crippen LogP contribution in [-0.4, -0.2) is 32.2 Å². The number of hydrogen-bond donors (Lipinski definition) is 1. The van der Waals surface area contributed by atoms with E-state index in [1.807, 2.05) is 0 Å². The fraction of sp³-hybridized carbons (Fsp3) is 1.00. The molecule has 0 fully saturated rings. The van der Waals surface area contributed by atoms with Crippen LogP contribution >= 0.6 is 11.6 Å². The molecule has 0 spiro atoms. The van der Waals surface area contributed by atoms with Crippen molar-refractivity contribution in [3.05, 3.63) is 0 Å². The van der Waals surface area contributed by atoms with Crippen LogP contribution in [0.1, 0.15) is 20.3 Å². The molecular formula is C9H20ClNO. The number of alkyl halides is 1. The van der Waals surface area contributed by atoms with E-state index in [1.165, 1.54) is 6.42 Å². The van der Waals surface area contributed by atoms with E-state index in [-0.39, 0.29) is 0 Å². The van der Waals surface area contributed by atoms with E-state index in [4.69, 9.17) is 16.3 Å². The van der Waals surface area contributed by atoms with Gasteiger partial charge in [-0.2, -0.15) is 0 Å². The highest BCUT2D eigenvalue weighted by Gasteiger charge is 1.96. The molecular weight excluding hydrogens is 174 g/mol. The van der Waals surface area contributed by atoms with Gasteiger partial charge in [0.15, 0.2) is 0 Å². The molecule has 0 aliphatic heterocycles. The van der Waals surface area contributed by atoms with E-state index in [0.29, 0.717) is 12.5 Å². The van der Waals surface area contributed by atoms with Gasteiger partial charge in [-0.3, -0.25) is 0 Å². The maximum absolute atomic E-state index is 5.44. The largest absolute Gasteiger partial charge is 0.379 e. The topological polar surface area (TPSA) is 21.3 Å². The monoisotopic (exact) mass is 193 g/mol. The zero-order chi connectivity index (χ0) is 9.23. The van der Waals surface area contributed by atoms with Crippen molar-refractivity contribution >= 4 is 11.6 Å². The van der Waals surface area contributed by atoms with Crippen LogP contribution in [-0.2, 0) is 4.74 Å². The molecule has 0 bridgehead atoms. The lowest BCUT2D eigenvalue weighted by molar-refractivity contribution is 0.150. The SMILES string of the molecule is CCC(C)CNCCOCCCl. The summed E-state index contributed by atoms with van der Waals surface area (Å²) in [5.41, 5.74) is 0. The van der Waals surface area contributed by atoms with Crippen molar-refractivity contribution in [3.8, 4) is 0 Å². The second-order valence-electron chi connectivity index (χ2n) is 3.02. The van der Waals surface area contributed by atoms with E-state index < -0.39 is 0 Å². The zero-order valence-electron chi connectivity index (χ0n) is 8.11. The summed E-state index contributed by atoms with van der Waals surface area (Å²) in [6, 6.07) is 0. The van der Waals surface area contributed by atoms with Gasteiger partial charge in [-0.25, -0.2) is 0 Å². The van der Waals surface area contributed by atoms with Gasteiger partial charge in [-0.1, -0.05) is 20.3 Å². The molecule has 0 aromatic carbocycles. The number of rotatable bonds is 8. The van der Waals surface area contributed by atoms with Crippen molar-refractivity contribution < 1.29 is 4.74 Å². The maximum Gasteiger partial charge on any atom is 0.0602 e. The average Bonchev–Trinajstić information content (AvgIpc) is 2.10. The third-order valence-corrected chi connectivity index (χ3v) is 1.99. The van der Waals surface area contributed by atoms with Gasteiger partial charge in [0.1, 0.15) is 0 Å². The molecule has 0 aromatic heterocycles. The molecule has 0 rings (SSSR count). The van der Waals surface area contributed by atoms with Crippen molar-refractivity contribution in [2.24, 2.45) is 5.92 Å². The van der Waals surface area contributed by atoms with E-state index >= 15 is 0 Å². The quantitative estimate of drug-likeness (QED) is 0.470. The standard InChI is InChI=1S/C9H20ClNO/c1-3-9(2)8-11-5-7-12-6-4-10/h9,11H,3-8H2,1-2H3. The summed E-state index contributed by atoms with van der Waals surface area (Å²) >= 11 is 5.44. The van der Waals surface area contributed by atoms with Gasteiger partial charge in [-0.05, 0) is 12.5 Å². The Balaban J connectivity index is 2.90. The number of ether oxygens (including phenoxy) is 1. The molecule has 0 aliphatic carbocycles. The van der Waals surface area contributed by atoms with Crippen LogP contribution < -0.4 is 5.32 Å². The average molecular weight is 194 g/mol. The lowest BCUT2D eigenvalue weighted by Gasteiger charge is -2.09. The maximum atomic E-state index is 5.44. The molecule has 0 saturated carbocycles. The summed E-state index contributed by atoms with van der Waals surface area (Å²) in [7, 11) is 0. The molecule has 0 aliphatic rings. The molecule has 2 nitrogen and oxygen atoms in total. The normalized spacial score (nSPS) is 13.2. The Labute approximate surface area is 80.6 Å². The van der Waals surface area contributed by atoms with Crippen molar-refractivity contribution in [2.75, 3.05) is 32.2 Å². The summed E-state index contributed by atoms with van der Waals surface area (Å²) in [5, 5.41) is 3.33. The lowest BCUT2D eigenvalue weighted by Crippen LogP contribution is -2.25. The number of hydrogen-bond acceptors (Lipinski definition) is 2. The summed E-state index contributed by atoms with van der Waals surface area (Å²) in [5.74, 6) is 1.35. The van der Waals surface area contributed by atoms with Crippen molar-refractivity contribution in [2.45, 2.75) is 20.3 Å². The molecule has 1 N–H and O–H groups in total. The van der Waals surface area contributed by atoms with Crippen LogP contribution in [0, 0.1) is 5.92 Å². The van der Waals surface area contributed by atoms with Crippen molar-refractivity contribution in [3.63, 3.8) is 0 Å². The van der Waals surface area contributed by atoms with E-state index in [2.05, 4.69) is 19.2 Å². The van der Waals surface area contributed by atoms with Crippen LogP contribution in [0.5, 0.6) is 0 Å². The van der Waals surface area contributed by atoms with E-state index in [0.717, 1.165) is 25.6 Å². The third-order valence-electron chi connectivity index (χ3n) is 1.83. The molecule has 0 saturated heterocycles. The van der Waals surface area contributed by atoms with Crippen LogP contribution in [0.4, 0.5) is 0 Å². The molecule has 3 heteroatoms. The van der Waals surface area contributed by atoms with E-state index in [1.54, 1.807) is 0 Å². The summed E-state index contributed by atoms with van der Waals surface area (Å²) < 4.78 is 5.20. The second-order valence-corrected chi connectivity index (χ2v) is 3.40. The number of nitrogens with one attached hydrogen (secondary N) is 1. The number of halogens is 1. The predicted octanol–water partition coefficient (Wildman–Crippen LogP) is 1.88. The molecule has 0 aromatic rings. The highest BCUT2D eigenvalue weighted by Crippen LogP contribution is 1.96. The van der Waals surface area contributed by atoms with Gasteiger partial charge in [-0.15, -0.1) is 11.6 Å². The minimum Gasteiger partial charge on any atom is -0.379 e. The fourth-order valence-electron chi connectivity index (χ4n) is 0.794. The van der Waals surface area contributed by atoms with Crippen molar-refractivity contribution in [1.29, 1.82) is 0 Å². The first-order valence-corrected chi connectivity index (χ1v) is 5.19. The Kier molecular flexibility index (Phi) is 9.46. The van der Waals surface area contributed by atoms with E-state index in [9.17, 15) is 0 Å². The Morgan fingerprint density at radius 1 is 1.42 bits per heavy atom.